The van der Waals surface area contributed by atoms with Crippen molar-refractivity contribution in [2.75, 3.05) is 16.8 Å². The lowest BCUT2D eigenvalue weighted by atomic mass is 10.1. The van der Waals surface area contributed by atoms with E-state index in [9.17, 15) is 14.0 Å². The average molecular weight is 412 g/mol. The van der Waals surface area contributed by atoms with E-state index in [0.29, 0.717) is 17.9 Å². The number of thiocarbonyl (C=S) groups is 1. The predicted molar refractivity (Wildman–Crippen MR) is 116 cm³/mol. The number of nitrogens with one attached hydrogen (secondary N) is 1. The standard InChI is InChI=1S/C22H22FN3O2S/c1-3-12-25-19(14-20(27)24-17-10-8-15(4-2)9-11-17)21(28)26(22(25)29)18-7-5-6-16(23)13-18/h3,5-11,13,19H,1,4,12,14H2,2H3,(H,24,27). The monoisotopic (exact) mass is 411 g/mol. The van der Waals surface area contributed by atoms with Crippen LogP contribution in [0.1, 0.15) is 18.9 Å². The molecule has 0 bridgehead atoms. The number of carbonyl (C=O) groups is 2. The second kappa shape index (κ2) is 8.96. The van der Waals surface area contributed by atoms with Crippen molar-refractivity contribution in [2.24, 2.45) is 0 Å². The molecule has 5 nitrogen and oxygen atoms in total. The molecule has 0 aliphatic carbocycles. The van der Waals surface area contributed by atoms with Gasteiger partial charge in [0.05, 0.1) is 12.1 Å². The number of nitrogens with zero attached hydrogens (tertiary/aromatic N) is 2. The van der Waals surface area contributed by atoms with Crippen LogP contribution in [0.5, 0.6) is 0 Å². The zero-order valence-electron chi connectivity index (χ0n) is 16.1. The van der Waals surface area contributed by atoms with Crippen LogP contribution in [-0.2, 0) is 16.0 Å². The lowest BCUT2D eigenvalue weighted by Gasteiger charge is -2.22. The highest BCUT2D eigenvalue weighted by Gasteiger charge is 2.43. The summed E-state index contributed by atoms with van der Waals surface area (Å²) in [6.45, 7) is 6.06. The molecule has 0 spiro atoms. The van der Waals surface area contributed by atoms with Gasteiger partial charge >= 0.3 is 0 Å². The van der Waals surface area contributed by atoms with Crippen molar-refractivity contribution in [3.05, 3.63) is 72.6 Å². The molecule has 3 rings (SSSR count). The molecule has 1 unspecified atom stereocenters. The second-order valence-corrected chi connectivity index (χ2v) is 7.06. The minimum Gasteiger partial charge on any atom is -0.332 e. The van der Waals surface area contributed by atoms with Gasteiger partial charge in [-0.15, -0.1) is 6.58 Å². The van der Waals surface area contributed by atoms with E-state index in [1.807, 2.05) is 24.3 Å². The zero-order chi connectivity index (χ0) is 21.0. The predicted octanol–water partition coefficient (Wildman–Crippen LogP) is 3.91. The summed E-state index contributed by atoms with van der Waals surface area (Å²) >= 11 is 5.45. The lowest BCUT2D eigenvalue weighted by molar-refractivity contribution is -0.124. The third-order valence-electron chi connectivity index (χ3n) is 4.74. The minimum atomic E-state index is -0.779. The van der Waals surface area contributed by atoms with Crippen molar-refractivity contribution in [1.82, 2.24) is 4.90 Å². The van der Waals surface area contributed by atoms with Gasteiger partial charge < -0.3 is 10.2 Å². The van der Waals surface area contributed by atoms with E-state index in [-0.39, 0.29) is 23.3 Å². The van der Waals surface area contributed by atoms with Crippen LogP contribution in [0.25, 0.3) is 0 Å². The normalized spacial score (nSPS) is 16.3. The Labute approximate surface area is 174 Å². The molecule has 2 aromatic rings. The Kier molecular flexibility index (Phi) is 6.39. The topological polar surface area (TPSA) is 52.7 Å². The number of amides is 2. The molecule has 1 heterocycles. The van der Waals surface area contributed by atoms with Gasteiger partial charge in [-0.2, -0.15) is 0 Å². The van der Waals surface area contributed by atoms with Crippen molar-refractivity contribution in [3.8, 4) is 0 Å². The van der Waals surface area contributed by atoms with Crippen LogP contribution in [0, 0.1) is 5.82 Å². The molecule has 1 saturated heterocycles. The fraction of sp³-hybridized carbons (Fsp3) is 0.227. The van der Waals surface area contributed by atoms with Gasteiger partial charge in [-0.3, -0.25) is 14.5 Å². The molecule has 29 heavy (non-hydrogen) atoms. The van der Waals surface area contributed by atoms with Gasteiger partial charge in [-0.05, 0) is 54.5 Å². The largest absolute Gasteiger partial charge is 0.332 e. The van der Waals surface area contributed by atoms with Gasteiger partial charge in [-0.25, -0.2) is 4.39 Å². The Balaban J connectivity index is 1.78. The number of hydrogen-bond donors (Lipinski definition) is 1. The first-order chi connectivity index (χ1) is 13.9. The molecule has 7 heteroatoms. The third kappa shape index (κ3) is 4.51. The van der Waals surface area contributed by atoms with Crippen molar-refractivity contribution >= 4 is 40.5 Å². The molecule has 1 aliphatic rings. The van der Waals surface area contributed by atoms with E-state index in [1.165, 1.54) is 28.7 Å². The SMILES string of the molecule is C=CCN1C(=S)N(c2cccc(F)c2)C(=O)C1CC(=O)Nc1ccc(CC)cc1. The molecule has 1 atom stereocenters. The minimum absolute atomic E-state index is 0.0752. The molecule has 1 fully saturated rings. The van der Waals surface area contributed by atoms with Crippen LogP contribution in [0.4, 0.5) is 15.8 Å². The van der Waals surface area contributed by atoms with Crippen LogP contribution in [0.3, 0.4) is 0 Å². The quantitative estimate of drug-likeness (QED) is 0.555. The first-order valence-corrected chi connectivity index (χ1v) is 9.75. The van der Waals surface area contributed by atoms with Gasteiger partial charge in [0, 0.05) is 12.2 Å². The molecule has 1 aliphatic heterocycles. The van der Waals surface area contributed by atoms with Crippen molar-refractivity contribution in [3.63, 3.8) is 0 Å². The van der Waals surface area contributed by atoms with E-state index in [4.69, 9.17) is 12.2 Å². The van der Waals surface area contributed by atoms with Gasteiger partial charge in [0.25, 0.3) is 5.91 Å². The smallest absolute Gasteiger partial charge is 0.256 e. The van der Waals surface area contributed by atoms with Crippen LogP contribution >= 0.6 is 12.2 Å². The number of carbonyl (C=O) groups excluding carboxylic acids is 2. The highest BCUT2D eigenvalue weighted by Crippen LogP contribution is 2.27. The average Bonchev–Trinajstić information content (AvgIpc) is 2.93. The lowest BCUT2D eigenvalue weighted by Crippen LogP contribution is -2.37. The Morgan fingerprint density at radius 1 is 1.28 bits per heavy atom. The summed E-state index contributed by atoms with van der Waals surface area (Å²) in [6.07, 6.45) is 2.45. The Bertz CT molecular complexity index is 945. The summed E-state index contributed by atoms with van der Waals surface area (Å²) in [4.78, 5) is 28.5. The first-order valence-electron chi connectivity index (χ1n) is 9.34. The Hall–Kier alpha value is -3.06. The second-order valence-electron chi connectivity index (χ2n) is 6.70. The van der Waals surface area contributed by atoms with Crippen molar-refractivity contribution in [2.45, 2.75) is 25.8 Å². The fourth-order valence-corrected chi connectivity index (χ4v) is 3.64. The molecule has 0 aromatic heterocycles. The van der Waals surface area contributed by atoms with E-state index in [0.717, 1.165) is 6.42 Å². The van der Waals surface area contributed by atoms with Crippen LogP contribution in [0.15, 0.2) is 61.2 Å². The number of rotatable bonds is 7. The van der Waals surface area contributed by atoms with Gasteiger partial charge in [-0.1, -0.05) is 31.2 Å². The number of hydrogen-bond acceptors (Lipinski definition) is 3. The van der Waals surface area contributed by atoms with E-state index >= 15 is 0 Å². The summed E-state index contributed by atoms with van der Waals surface area (Å²) in [5.41, 5.74) is 2.17. The van der Waals surface area contributed by atoms with Crippen LogP contribution in [-0.4, -0.2) is 34.4 Å². The summed E-state index contributed by atoms with van der Waals surface area (Å²) in [7, 11) is 0. The first kappa shape index (κ1) is 20.7. The maximum Gasteiger partial charge on any atom is 0.256 e. The number of benzene rings is 2. The summed E-state index contributed by atoms with van der Waals surface area (Å²) in [6, 6.07) is 12.4. The molecule has 1 N–H and O–H groups in total. The summed E-state index contributed by atoms with van der Waals surface area (Å²) in [5, 5.41) is 3.04. The highest BCUT2D eigenvalue weighted by atomic mass is 32.1. The zero-order valence-corrected chi connectivity index (χ0v) is 16.9. The van der Waals surface area contributed by atoms with E-state index in [1.54, 1.807) is 17.0 Å². The third-order valence-corrected chi connectivity index (χ3v) is 5.15. The molecule has 0 radical (unpaired) electrons. The number of halogens is 1. The van der Waals surface area contributed by atoms with E-state index in [2.05, 4.69) is 18.8 Å². The Morgan fingerprint density at radius 2 is 2.00 bits per heavy atom. The van der Waals surface area contributed by atoms with Gasteiger partial charge in [0.15, 0.2) is 5.11 Å². The van der Waals surface area contributed by atoms with Crippen molar-refractivity contribution in [1.29, 1.82) is 0 Å². The fourth-order valence-electron chi connectivity index (χ4n) is 3.24. The van der Waals surface area contributed by atoms with Crippen molar-refractivity contribution < 1.29 is 14.0 Å². The molecule has 0 saturated carbocycles. The van der Waals surface area contributed by atoms with Crippen LogP contribution in [0.2, 0.25) is 0 Å². The Morgan fingerprint density at radius 3 is 2.62 bits per heavy atom. The molecular formula is C22H22FN3O2S. The number of aryl methyl sites for hydroxylation is 1. The highest BCUT2D eigenvalue weighted by molar-refractivity contribution is 7.80. The van der Waals surface area contributed by atoms with Gasteiger partial charge in [0.2, 0.25) is 5.91 Å². The molecular weight excluding hydrogens is 389 g/mol. The van der Waals surface area contributed by atoms with Crippen LogP contribution < -0.4 is 10.2 Å². The van der Waals surface area contributed by atoms with Gasteiger partial charge in [0.1, 0.15) is 11.9 Å². The summed E-state index contributed by atoms with van der Waals surface area (Å²) in [5.74, 6) is -1.13. The maximum atomic E-state index is 13.6. The molecule has 150 valence electrons. The maximum absolute atomic E-state index is 13.6. The molecule has 2 amide bonds. The summed E-state index contributed by atoms with van der Waals surface area (Å²) < 4.78 is 13.6. The van der Waals surface area contributed by atoms with E-state index < -0.39 is 11.9 Å². The number of anilines is 2. The molecule has 2 aromatic carbocycles.